The first-order valence-corrected chi connectivity index (χ1v) is 5.86. The van der Waals surface area contributed by atoms with E-state index in [1.807, 2.05) is 13.8 Å². The monoisotopic (exact) mass is 257 g/mol. The van der Waals surface area contributed by atoms with Gasteiger partial charge in [0.1, 0.15) is 0 Å². The third-order valence-electron chi connectivity index (χ3n) is 2.73. The minimum atomic E-state index is -0.480. The minimum absolute atomic E-state index is 0.253. The fourth-order valence-corrected chi connectivity index (χ4v) is 1.48. The number of carbonyl (C=O) groups excluding carboxylic acids is 1. The molecule has 0 aromatic heterocycles. The Balaban J connectivity index is 2.86. The van der Waals surface area contributed by atoms with Gasteiger partial charge in [-0.2, -0.15) is 0 Å². The van der Waals surface area contributed by atoms with E-state index in [1.54, 1.807) is 0 Å². The smallest absolute Gasteiger partial charge is 0.251 e. The highest BCUT2D eigenvalue weighted by atomic mass is 35.5. The summed E-state index contributed by atoms with van der Waals surface area (Å²) in [5.41, 5.74) is -0.198. The number of phenolic OH excluding ortho intramolecular Hbond substituents is 2. The van der Waals surface area contributed by atoms with Crippen LogP contribution in [0.5, 0.6) is 11.5 Å². The van der Waals surface area contributed by atoms with Crippen LogP contribution in [-0.2, 0) is 0 Å². The number of nitrogens with one attached hydrogen (secondary N) is 1. The van der Waals surface area contributed by atoms with Crippen molar-refractivity contribution >= 4 is 17.5 Å². The molecule has 1 aromatic rings. The molecule has 0 saturated carbocycles. The number of amides is 1. The SMILES string of the molecule is CCC(C)(CCl)NC(=O)c1ccc(O)c(O)c1. The Bertz CT molecular complexity index is 416. The molecule has 0 bridgehead atoms. The summed E-state index contributed by atoms with van der Waals surface area (Å²) in [4.78, 5) is 11.9. The molecule has 0 fully saturated rings. The molecule has 94 valence electrons. The summed E-state index contributed by atoms with van der Waals surface area (Å²) < 4.78 is 0. The molecule has 1 unspecified atom stereocenters. The average molecular weight is 258 g/mol. The van der Waals surface area contributed by atoms with Gasteiger partial charge in [-0.05, 0) is 31.5 Å². The zero-order chi connectivity index (χ0) is 13.1. The normalized spacial score (nSPS) is 14.1. The van der Waals surface area contributed by atoms with Crippen molar-refractivity contribution in [2.24, 2.45) is 0 Å². The third kappa shape index (κ3) is 3.27. The van der Waals surface area contributed by atoms with E-state index in [1.165, 1.54) is 18.2 Å². The standard InChI is InChI=1S/C12H16ClNO3/c1-3-12(2,7-13)14-11(17)8-4-5-9(15)10(16)6-8/h4-6,15-16H,3,7H2,1-2H3,(H,14,17). The van der Waals surface area contributed by atoms with Crippen molar-refractivity contribution in [3.05, 3.63) is 23.8 Å². The van der Waals surface area contributed by atoms with Gasteiger partial charge in [0.05, 0.1) is 5.54 Å². The topological polar surface area (TPSA) is 69.6 Å². The number of rotatable bonds is 4. The van der Waals surface area contributed by atoms with Crippen molar-refractivity contribution in [2.75, 3.05) is 5.88 Å². The lowest BCUT2D eigenvalue weighted by atomic mass is 10.0. The molecule has 0 aliphatic carbocycles. The van der Waals surface area contributed by atoms with E-state index in [2.05, 4.69) is 5.32 Å². The van der Waals surface area contributed by atoms with Gasteiger partial charge in [-0.15, -0.1) is 11.6 Å². The van der Waals surface area contributed by atoms with Crippen LogP contribution < -0.4 is 5.32 Å². The van der Waals surface area contributed by atoms with Gasteiger partial charge in [0.2, 0.25) is 0 Å². The summed E-state index contributed by atoms with van der Waals surface area (Å²) in [7, 11) is 0. The molecule has 5 heteroatoms. The molecule has 1 rings (SSSR count). The summed E-state index contributed by atoms with van der Waals surface area (Å²) in [6.45, 7) is 3.77. The maximum absolute atomic E-state index is 11.9. The largest absolute Gasteiger partial charge is 0.504 e. The molecule has 1 aromatic carbocycles. The highest BCUT2D eigenvalue weighted by Crippen LogP contribution is 2.25. The molecular formula is C12H16ClNO3. The van der Waals surface area contributed by atoms with Crippen molar-refractivity contribution in [2.45, 2.75) is 25.8 Å². The van der Waals surface area contributed by atoms with Gasteiger partial charge in [-0.25, -0.2) is 0 Å². The zero-order valence-electron chi connectivity index (χ0n) is 9.83. The van der Waals surface area contributed by atoms with Crippen molar-refractivity contribution in [1.29, 1.82) is 0 Å². The molecule has 3 N–H and O–H groups in total. The van der Waals surface area contributed by atoms with Crippen LogP contribution in [0.15, 0.2) is 18.2 Å². The van der Waals surface area contributed by atoms with Crippen LogP contribution in [-0.4, -0.2) is 27.5 Å². The lowest BCUT2D eigenvalue weighted by Gasteiger charge is -2.27. The van der Waals surface area contributed by atoms with Gasteiger partial charge in [-0.1, -0.05) is 6.92 Å². The van der Waals surface area contributed by atoms with Crippen LogP contribution in [0.1, 0.15) is 30.6 Å². The summed E-state index contributed by atoms with van der Waals surface area (Å²) in [5, 5.41) is 21.2. The second-order valence-electron chi connectivity index (χ2n) is 4.21. The van der Waals surface area contributed by atoms with Crippen LogP contribution >= 0.6 is 11.6 Å². The van der Waals surface area contributed by atoms with Crippen molar-refractivity contribution in [3.63, 3.8) is 0 Å². The molecule has 1 amide bonds. The van der Waals surface area contributed by atoms with Crippen molar-refractivity contribution in [1.82, 2.24) is 5.32 Å². The van der Waals surface area contributed by atoms with Crippen LogP contribution in [0.4, 0.5) is 0 Å². The van der Waals surface area contributed by atoms with Crippen molar-refractivity contribution in [3.8, 4) is 11.5 Å². The lowest BCUT2D eigenvalue weighted by molar-refractivity contribution is 0.0912. The Morgan fingerprint density at radius 3 is 2.53 bits per heavy atom. The van der Waals surface area contributed by atoms with E-state index in [0.29, 0.717) is 12.3 Å². The molecule has 0 saturated heterocycles. The predicted molar refractivity (Wildman–Crippen MR) is 66.7 cm³/mol. The molecule has 0 aliphatic heterocycles. The maximum atomic E-state index is 11.9. The Morgan fingerprint density at radius 2 is 2.06 bits per heavy atom. The zero-order valence-corrected chi connectivity index (χ0v) is 10.6. The fraction of sp³-hybridized carbons (Fsp3) is 0.417. The Labute approximate surface area is 105 Å². The number of hydrogen-bond acceptors (Lipinski definition) is 3. The Hall–Kier alpha value is -1.42. The summed E-state index contributed by atoms with van der Waals surface area (Å²) in [6, 6.07) is 3.93. The molecule has 17 heavy (non-hydrogen) atoms. The summed E-state index contributed by atoms with van der Waals surface area (Å²) in [5.74, 6) is -0.594. The lowest BCUT2D eigenvalue weighted by Crippen LogP contribution is -2.47. The molecule has 4 nitrogen and oxygen atoms in total. The molecule has 0 heterocycles. The first-order valence-electron chi connectivity index (χ1n) is 5.32. The second kappa shape index (κ2) is 5.27. The number of aromatic hydroxyl groups is 2. The predicted octanol–water partition coefficient (Wildman–Crippen LogP) is 2.24. The van der Waals surface area contributed by atoms with Gasteiger partial charge in [0, 0.05) is 11.4 Å². The van der Waals surface area contributed by atoms with E-state index in [-0.39, 0.29) is 23.0 Å². The fourth-order valence-electron chi connectivity index (χ4n) is 1.23. The maximum Gasteiger partial charge on any atom is 0.251 e. The number of carbonyl (C=O) groups is 1. The molecular weight excluding hydrogens is 242 g/mol. The number of hydrogen-bond donors (Lipinski definition) is 3. The number of phenols is 2. The van der Waals surface area contributed by atoms with E-state index in [9.17, 15) is 9.90 Å². The highest BCUT2D eigenvalue weighted by Gasteiger charge is 2.23. The minimum Gasteiger partial charge on any atom is -0.504 e. The van der Waals surface area contributed by atoms with Gasteiger partial charge in [0.15, 0.2) is 11.5 Å². The molecule has 0 spiro atoms. The van der Waals surface area contributed by atoms with Gasteiger partial charge >= 0.3 is 0 Å². The number of halogens is 1. The second-order valence-corrected chi connectivity index (χ2v) is 4.47. The van der Waals surface area contributed by atoms with Gasteiger partial charge in [-0.3, -0.25) is 4.79 Å². The van der Waals surface area contributed by atoms with E-state index in [0.717, 1.165) is 0 Å². The van der Waals surface area contributed by atoms with Crippen LogP contribution in [0.3, 0.4) is 0 Å². The van der Waals surface area contributed by atoms with Crippen molar-refractivity contribution < 1.29 is 15.0 Å². The van der Waals surface area contributed by atoms with E-state index in [4.69, 9.17) is 16.7 Å². The Morgan fingerprint density at radius 1 is 1.41 bits per heavy atom. The van der Waals surface area contributed by atoms with Gasteiger partial charge < -0.3 is 15.5 Å². The summed E-state index contributed by atoms with van der Waals surface area (Å²) in [6.07, 6.45) is 0.701. The Kier molecular flexibility index (Phi) is 4.23. The first-order chi connectivity index (χ1) is 7.91. The quantitative estimate of drug-likeness (QED) is 0.572. The molecule has 0 aliphatic rings. The first kappa shape index (κ1) is 13.6. The van der Waals surface area contributed by atoms with Crippen LogP contribution in [0.25, 0.3) is 0 Å². The third-order valence-corrected chi connectivity index (χ3v) is 3.32. The van der Waals surface area contributed by atoms with E-state index < -0.39 is 5.54 Å². The van der Waals surface area contributed by atoms with Gasteiger partial charge in [0.25, 0.3) is 5.91 Å². The van der Waals surface area contributed by atoms with Crippen LogP contribution in [0, 0.1) is 0 Å². The average Bonchev–Trinajstić information content (AvgIpc) is 2.32. The molecule has 0 radical (unpaired) electrons. The number of alkyl halides is 1. The number of benzene rings is 1. The van der Waals surface area contributed by atoms with Crippen LogP contribution in [0.2, 0.25) is 0 Å². The summed E-state index contributed by atoms with van der Waals surface area (Å²) >= 11 is 5.79. The highest BCUT2D eigenvalue weighted by molar-refractivity contribution is 6.18. The van der Waals surface area contributed by atoms with E-state index >= 15 is 0 Å². The molecule has 1 atom stereocenters.